The molecule has 1 aromatic carbocycles. The van der Waals surface area contributed by atoms with Gasteiger partial charge in [-0.1, -0.05) is 13.3 Å². The Morgan fingerprint density at radius 3 is 2.64 bits per heavy atom. The lowest BCUT2D eigenvalue weighted by Gasteiger charge is -2.29. The van der Waals surface area contributed by atoms with Gasteiger partial charge in [0.15, 0.2) is 16.6 Å². The molecule has 4 rings (SSSR count). The zero-order chi connectivity index (χ0) is 23.0. The van der Waals surface area contributed by atoms with Crippen molar-refractivity contribution in [1.82, 2.24) is 20.1 Å². The van der Waals surface area contributed by atoms with Gasteiger partial charge in [0.2, 0.25) is 0 Å². The first-order chi connectivity index (χ1) is 16.1. The number of aromatic amines is 1. The number of pyridine rings is 1. The van der Waals surface area contributed by atoms with Crippen LogP contribution in [0.4, 0.5) is 0 Å². The molecule has 0 unspecified atom stereocenters. The summed E-state index contributed by atoms with van der Waals surface area (Å²) < 4.78 is 16.8. The minimum absolute atomic E-state index is 0.103. The lowest BCUT2D eigenvalue weighted by atomic mass is 10.1. The molecule has 0 aliphatic carbocycles. The van der Waals surface area contributed by atoms with Crippen molar-refractivity contribution >= 4 is 28.2 Å². The minimum Gasteiger partial charge on any atom is -0.486 e. The van der Waals surface area contributed by atoms with E-state index in [-0.39, 0.29) is 5.56 Å². The van der Waals surface area contributed by atoms with E-state index in [1.165, 1.54) is 0 Å². The maximum atomic E-state index is 12.9. The standard InChI is InChI=1S/C24H34N4O4S/c1-2-3-5-25-24(33)28(7-4-6-27-8-10-30-11-9-27)17-19-14-18-15-21-22(32-13-12-31-21)16-20(18)26-23(19)29/h14-16H,2-13,17H2,1H3,(H,25,33)(H,26,29). The molecule has 9 heteroatoms. The van der Waals surface area contributed by atoms with E-state index in [9.17, 15) is 4.79 Å². The third-order valence-electron chi connectivity index (χ3n) is 6.04. The zero-order valence-corrected chi connectivity index (χ0v) is 20.2. The molecule has 0 radical (unpaired) electrons. The molecule has 33 heavy (non-hydrogen) atoms. The molecular weight excluding hydrogens is 440 g/mol. The predicted molar refractivity (Wildman–Crippen MR) is 133 cm³/mol. The Labute approximate surface area is 200 Å². The number of thiocarbonyl (C=S) groups is 1. The molecule has 0 saturated carbocycles. The summed E-state index contributed by atoms with van der Waals surface area (Å²) >= 11 is 5.71. The van der Waals surface area contributed by atoms with Gasteiger partial charge in [-0.2, -0.15) is 0 Å². The minimum atomic E-state index is -0.103. The second-order valence-corrected chi connectivity index (χ2v) is 8.91. The van der Waals surface area contributed by atoms with Gasteiger partial charge in [-0.25, -0.2) is 0 Å². The number of hydrogen-bond donors (Lipinski definition) is 2. The SMILES string of the molecule is CCCCNC(=S)N(CCCN1CCOCC1)Cc1cc2cc3c(cc2[nH]c1=O)OCCO3. The van der Waals surface area contributed by atoms with Crippen LogP contribution in [0.3, 0.4) is 0 Å². The molecule has 3 heterocycles. The zero-order valence-electron chi connectivity index (χ0n) is 19.4. The highest BCUT2D eigenvalue weighted by molar-refractivity contribution is 7.80. The van der Waals surface area contributed by atoms with E-state index in [4.69, 9.17) is 26.4 Å². The Kier molecular flexibility index (Phi) is 8.41. The first-order valence-electron chi connectivity index (χ1n) is 11.9. The van der Waals surface area contributed by atoms with Crippen LogP contribution in [0.15, 0.2) is 23.0 Å². The third-order valence-corrected chi connectivity index (χ3v) is 6.45. The molecule has 0 spiro atoms. The van der Waals surface area contributed by atoms with Crippen molar-refractivity contribution in [2.24, 2.45) is 0 Å². The van der Waals surface area contributed by atoms with Crippen LogP contribution in [0, 0.1) is 0 Å². The van der Waals surface area contributed by atoms with Gasteiger partial charge in [-0.05, 0) is 37.2 Å². The maximum absolute atomic E-state index is 12.9. The van der Waals surface area contributed by atoms with Crippen LogP contribution in [-0.2, 0) is 11.3 Å². The molecule has 0 bridgehead atoms. The smallest absolute Gasteiger partial charge is 0.253 e. The number of unbranched alkanes of at least 4 members (excludes halogenated alkanes) is 1. The molecule has 180 valence electrons. The van der Waals surface area contributed by atoms with Crippen LogP contribution in [0.25, 0.3) is 10.9 Å². The lowest BCUT2D eigenvalue weighted by molar-refractivity contribution is 0.0367. The fraction of sp³-hybridized carbons (Fsp3) is 0.583. The average Bonchev–Trinajstić information content (AvgIpc) is 2.83. The van der Waals surface area contributed by atoms with Gasteiger partial charge in [-0.3, -0.25) is 9.69 Å². The second kappa shape index (κ2) is 11.7. The Morgan fingerprint density at radius 1 is 1.12 bits per heavy atom. The molecule has 1 aromatic heterocycles. The topological polar surface area (TPSA) is 79.1 Å². The summed E-state index contributed by atoms with van der Waals surface area (Å²) in [4.78, 5) is 20.4. The summed E-state index contributed by atoms with van der Waals surface area (Å²) in [6, 6.07) is 5.71. The fourth-order valence-corrected chi connectivity index (χ4v) is 4.42. The molecule has 2 aliphatic heterocycles. The van der Waals surface area contributed by atoms with E-state index >= 15 is 0 Å². The first-order valence-corrected chi connectivity index (χ1v) is 12.3. The van der Waals surface area contributed by atoms with E-state index in [1.807, 2.05) is 18.2 Å². The third kappa shape index (κ3) is 6.37. The quantitative estimate of drug-likeness (QED) is 0.424. The molecule has 0 atom stereocenters. The summed E-state index contributed by atoms with van der Waals surface area (Å²) in [5.41, 5.74) is 1.33. The van der Waals surface area contributed by atoms with Crippen LogP contribution in [-0.4, -0.2) is 79.0 Å². The van der Waals surface area contributed by atoms with Crippen molar-refractivity contribution in [2.75, 3.05) is 59.2 Å². The summed E-state index contributed by atoms with van der Waals surface area (Å²) in [5.74, 6) is 1.38. The fourth-order valence-electron chi connectivity index (χ4n) is 4.16. The number of nitrogens with zero attached hydrogens (tertiary/aromatic N) is 2. The molecule has 2 N–H and O–H groups in total. The first kappa shape index (κ1) is 23.8. The van der Waals surface area contributed by atoms with Crippen LogP contribution in [0.1, 0.15) is 31.7 Å². The highest BCUT2D eigenvalue weighted by atomic mass is 32.1. The Bertz CT molecular complexity index is 1010. The van der Waals surface area contributed by atoms with Crippen molar-refractivity contribution in [3.8, 4) is 11.5 Å². The van der Waals surface area contributed by atoms with Crippen LogP contribution in [0.2, 0.25) is 0 Å². The Hall–Kier alpha value is -2.36. The lowest BCUT2D eigenvalue weighted by Crippen LogP contribution is -2.43. The Balaban J connectivity index is 1.48. The Morgan fingerprint density at radius 2 is 1.88 bits per heavy atom. The largest absolute Gasteiger partial charge is 0.486 e. The number of fused-ring (bicyclic) bond motifs is 2. The van der Waals surface area contributed by atoms with E-state index in [0.29, 0.717) is 41.9 Å². The van der Waals surface area contributed by atoms with Crippen LogP contribution in [0.5, 0.6) is 11.5 Å². The van der Waals surface area contributed by atoms with E-state index in [2.05, 4.69) is 27.0 Å². The molecule has 0 amide bonds. The molecular formula is C24H34N4O4S. The van der Waals surface area contributed by atoms with Gasteiger partial charge >= 0.3 is 0 Å². The number of hydrogen-bond acceptors (Lipinski definition) is 6. The highest BCUT2D eigenvalue weighted by Crippen LogP contribution is 2.33. The second-order valence-electron chi connectivity index (χ2n) is 8.52. The number of rotatable bonds is 9. The van der Waals surface area contributed by atoms with Gasteiger partial charge in [-0.15, -0.1) is 0 Å². The van der Waals surface area contributed by atoms with Crippen molar-refractivity contribution in [2.45, 2.75) is 32.7 Å². The van der Waals surface area contributed by atoms with Crippen LogP contribution < -0.4 is 20.3 Å². The summed E-state index contributed by atoms with van der Waals surface area (Å²) in [6.45, 7) is 9.83. The molecule has 2 aliphatic rings. The van der Waals surface area contributed by atoms with E-state index < -0.39 is 0 Å². The van der Waals surface area contributed by atoms with Crippen molar-refractivity contribution < 1.29 is 14.2 Å². The number of benzene rings is 1. The van der Waals surface area contributed by atoms with Crippen molar-refractivity contribution in [3.05, 3.63) is 34.1 Å². The maximum Gasteiger partial charge on any atom is 0.253 e. The molecule has 8 nitrogen and oxygen atoms in total. The normalized spacial score (nSPS) is 16.0. The van der Waals surface area contributed by atoms with Crippen molar-refractivity contribution in [3.63, 3.8) is 0 Å². The highest BCUT2D eigenvalue weighted by Gasteiger charge is 2.17. The number of aromatic nitrogens is 1. The van der Waals surface area contributed by atoms with E-state index in [0.717, 1.165) is 76.1 Å². The van der Waals surface area contributed by atoms with Gasteiger partial charge in [0.05, 0.1) is 25.3 Å². The van der Waals surface area contributed by atoms with Gasteiger partial charge in [0.25, 0.3) is 5.56 Å². The average molecular weight is 475 g/mol. The van der Waals surface area contributed by atoms with Crippen molar-refractivity contribution in [1.29, 1.82) is 0 Å². The van der Waals surface area contributed by atoms with E-state index in [1.54, 1.807) is 0 Å². The van der Waals surface area contributed by atoms with Gasteiger partial charge in [0, 0.05) is 49.7 Å². The summed E-state index contributed by atoms with van der Waals surface area (Å²) in [7, 11) is 0. The molecule has 1 saturated heterocycles. The number of H-pyrrole nitrogens is 1. The number of ether oxygens (including phenoxy) is 3. The monoisotopic (exact) mass is 474 g/mol. The summed E-state index contributed by atoms with van der Waals surface area (Å²) in [6.07, 6.45) is 3.14. The summed E-state index contributed by atoms with van der Waals surface area (Å²) in [5, 5.41) is 4.99. The molecule has 2 aromatic rings. The predicted octanol–water partition coefficient (Wildman–Crippen LogP) is 2.50. The van der Waals surface area contributed by atoms with Gasteiger partial charge < -0.3 is 29.4 Å². The van der Waals surface area contributed by atoms with Crippen LogP contribution >= 0.6 is 12.2 Å². The number of morpholine rings is 1. The molecule has 1 fully saturated rings. The number of nitrogens with one attached hydrogen (secondary N) is 2. The van der Waals surface area contributed by atoms with Gasteiger partial charge in [0.1, 0.15) is 13.2 Å².